The third-order valence-electron chi connectivity index (χ3n) is 2.53. The van der Waals surface area contributed by atoms with Gasteiger partial charge in [-0.3, -0.25) is 0 Å². The second-order valence-electron chi connectivity index (χ2n) is 3.64. The Morgan fingerprint density at radius 2 is 2.06 bits per heavy atom. The van der Waals surface area contributed by atoms with Crippen LogP contribution < -0.4 is 5.73 Å². The minimum atomic E-state index is -4.48. The molecule has 0 saturated heterocycles. The highest BCUT2D eigenvalue weighted by Gasteiger charge is 2.39. The summed E-state index contributed by atoms with van der Waals surface area (Å²) in [6.45, 7) is 0. The molecular weight excluding hydrogens is 231 g/mol. The molecule has 0 aliphatic carbocycles. The van der Waals surface area contributed by atoms with E-state index in [0.717, 1.165) is 0 Å². The van der Waals surface area contributed by atoms with Gasteiger partial charge < -0.3 is 10.7 Å². The normalized spacial score (nSPS) is 13.6. The van der Waals surface area contributed by atoms with Crippen molar-refractivity contribution < 1.29 is 13.2 Å². The summed E-state index contributed by atoms with van der Waals surface area (Å²) in [6.07, 6.45) is -3.26. The van der Waals surface area contributed by atoms with Crippen molar-refractivity contribution in [3.05, 3.63) is 35.5 Å². The number of halogens is 3. The van der Waals surface area contributed by atoms with Gasteiger partial charge in [0.25, 0.3) is 0 Å². The lowest BCUT2D eigenvalue weighted by Crippen LogP contribution is -2.28. The van der Waals surface area contributed by atoms with Gasteiger partial charge in [-0.05, 0) is 12.1 Å². The van der Waals surface area contributed by atoms with Crippen molar-refractivity contribution in [1.82, 2.24) is 4.98 Å². The van der Waals surface area contributed by atoms with Gasteiger partial charge in [-0.2, -0.15) is 18.4 Å². The Hall–Kier alpha value is -2.00. The third kappa shape index (κ3) is 1.97. The first-order valence-corrected chi connectivity index (χ1v) is 4.77. The summed E-state index contributed by atoms with van der Waals surface area (Å²) in [5.74, 6) is 0. The molecule has 0 spiro atoms. The molecule has 1 aromatic heterocycles. The number of nitrogens with zero attached hydrogens (tertiary/aromatic N) is 1. The lowest BCUT2D eigenvalue weighted by molar-refractivity contribution is -0.148. The predicted octanol–water partition coefficient (Wildman–Crippen LogP) is 2.60. The maximum Gasteiger partial charge on any atom is 0.407 e. The quantitative estimate of drug-likeness (QED) is 0.803. The number of benzene rings is 1. The van der Waals surface area contributed by atoms with Crippen molar-refractivity contribution in [2.75, 3.05) is 0 Å². The topological polar surface area (TPSA) is 65.6 Å². The lowest BCUT2D eigenvalue weighted by atomic mass is 10.1. The van der Waals surface area contributed by atoms with Crippen molar-refractivity contribution in [1.29, 1.82) is 5.26 Å². The molecule has 1 atom stereocenters. The summed E-state index contributed by atoms with van der Waals surface area (Å²) in [6, 6.07) is 4.30. The van der Waals surface area contributed by atoms with Gasteiger partial charge in [-0.15, -0.1) is 0 Å². The van der Waals surface area contributed by atoms with Gasteiger partial charge in [0.1, 0.15) is 6.04 Å². The van der Waals surface area contributed by atoms with Crippen molar-refractivity contribution in [2.45, 2.75) is 12.2 Å². The fourth-order valence-corrected chi connectivity index (χ4v) is 1.65. The van der Waals surface area contributed by atoms with Crippen LogP contribution in [-0.2, 0) is 0 Å². The largest absolute Gasteiger partial charge is 0.407 e. The van der Waals surface area contributed by atoms with E-state index in [4.69, 9.17) is 11.0 Å². The van der Waals surface area contributed by atoms with E-state index < -0.39 is 12.2 Å². The van der Waals surface area contributed by atoms with Crippen LogP contribution in [0.2, 0.25) is 0 Å². The van der Waals surface area contributed by atoms with E-state index in [9.17, 15) is 13.2 Å². The van der Waals surface area contributed by atoms with Crippen LogP contribution in [0.25, 0.3) is 10.9 Å². The highest BCUT2D eigenvalue weighted by molar-refractivity contribution is 5.84. The molecule has 3 nitrogen and oxygen atoms in total. The molecule has 0 aliphatic heterocycles. The summed E-state index contributed by atoms with van der Waals surface area (Å²) in [5, 5.41) is 9.06. The minimum absolute atomic E-state index is 0.0167. The second-order valence-corrected chi connectivity index (χ2v) is 3.64. The average molecular weight is 239 g/mol. The van der Waals surface area contributed by atoms with E-state index in [1.165, 1.54) is 24.4 Å². The number of aromatic amines is 1. The predicted molar refractivity (Wildman–Crippen MR) is 56.0 cm³/mol. The highest BCUT2D eigenvalue weighted by atomic mass is 19.4. The SMILES string of the molecule is N#Cc1ccc2c(C(N)C(F)(F)F)c[nH]c2c1. The molecule has 3 N–H and O–H groups in total. The average Bonchev–Trinajstić information content (AvgIpc) is 2.69. The molecule has 0 amide bonds. The standard InChI is InChI=1S/C11H8F3N3/c12-11(13,14)10(16)8-5-17-9-3-6(4-15)1-2-7(8)9/h1-3,5,10,17H,16H2. The molecule has 2 aromatic rings. The summed E-state index contributed by atoms with van der Waals surface area (Å²) in [4.78, 5) is 2.68. The van der Waals surface area contributed by atoms with Gasteiger partial charge in [-0.1, -0.05) is 6.07 Å². The van der Waals surface area contributed by atoms with Crippen LogP contribution in [0.15, 0.2) is 24.4 Å². The number of hydrogen-bond donors (Lipinski definition) is 2. The Morgan fingerprint density at radius 1 is 1.35 bits per heavy atom. The third-order valence-corrected chi connectivity index (χ3v) is 2.53. The Morgan fingerprint density at radius 3 is 2.65 bits per heavy atom. The Kier molecular flexibility index (Phi) is 2.56. The monoisotopic (exact) mass is 239 g/mol. The number of nitrogens with two attached hydrogens (primary N) is 1. The lowest BCUT2D eigenvalue weighted by Gasteiger charge is -2.14. The Bertz CT molecular complexity index is 592. The number of alkyl halides is 3. The molecule has 17 heavy (non-hydrogen) atoms. The molecule has 6 heteroatoms. The maximum atomic E-state index is 12.5. The number of nitrogens with one attached hydrogen (secondary N) is 1. The van der Waals surface area contributed by atoms with Crippen LogP contribution in [0.4, 0.5) is 13.2 Å². The highest BCUT2D eigenvalue weighted by Crippen LogP contribution is 2.34. The zero-order valence-electron chi connectivity index (χ0n) is 8.55. The zero-order chi connectivity index (χ0) is 12.6. The summed E-state index contributed by atoms with van der Waals surface area (Å²) in [7, 11) is 0. The molecule has 0 aliphatic rings. The van der Waals surface area contributed by atoms with Crippen LogP contribution in [0.3, 0.4) is 0 Å². The number of aromatic nitrogens is 1. The van der Waals surface area contributed by atoms with Crippen molar-refractivity contribution in [3.63, 3.8) is 0 Å². The number of nitriles is 1. The van der Waals surface area contributed by atoms with Gasteiger partial charge >= 0.3 is 6.18 Å². The number of rotatable bonds is 1. The van der Waals surface area contributed by atoms with E-state index in [-0.39, 0.29) is 5.56 Å². The van der Waals surface area contributed by atoms with Gasteiger partial charge in [0.2, 0.25) is 0 Å². The molecule has 0 radical (unpaired) electrons. The second kappa shape index (κ2) is 3.79. The Balaban J connectivity index is 2.55. The number of fused-ring (bicyclic) bond motifs is 1. The molecule has 0 bridgehead atoms. The summed E-state index contributed by atoms with van der Waals surface area (Å²) >= 11 is 0. The zero-order valence-corrected chi connectivity index (χ0v) is 8.55. The molecule has 0 saturated carbocycles. The molecule has 1 aromatic carbocycles. The van der Waals surface area contributed by atoms with E-state index in [1.807, 2.05) is 6.07 Å². The summed E-state index contributed by atoms with van der Waals surface area (Å²) in [5.41, 5.74) is 5.98. The number of H-pyrrole nitrogens is 1. The fourth-order valence-electron chi connectivity index (χ4n) is 1.65. The van der Waals surface area contributed by atoms with Crippen LogP contribution in [-0.4, -0.2) is 11.2 Å². The van der Waals surface area contributed by atoms with Crippen LogP contribution in [0, 0.1) is 11.3 Å². The van der Waals surface area contributed by atoms with Gasteiger partial charge in [0, 0.05) is 22.7 Å². The van der Waals surface area contributed by atoms with Gasteiger partial charge in [0.15, 0.2) is 0 Å². The maximum absolute atomic E-state index is 12.5. The van der Waals surface area contributed by atoms with Crippen molar-refractivity contribution in [3.8, 4) is 6.07 Å². The number of hydrogen-bond acceptors (Lipinski definition) is 2. The molecule has 0 fully saturated rings. The molecule has 1 unspecified atom stereocenters. The van der Waals surface area contributed by atoms with Crippen LogP contribution in [0.1, 0.15) is 17.2 Å². The first kappa shape index (κ1) is 11.5. The first-order chi connectivity index (χ1) is 7.93. The van der Waals surface area contributed by atoms with Crippen LogP contribution >= 0.6 is 0 Å². The molecule has 2 rings (SSSR count). The first-order valence-electron chi connectivity index (χ1n) is 4.77. The van der Waals surface area contributed by atoms with Gasteiger partial charge in [0.05, 0.1) is 11.6 Å². The van der Waals surface area contributed by atoms with Crippen LogP contribution in [0.5, 0.6) is 0 Å². The van der Waals surface area contributed by atoms with Gasteiger partial charge in [-0.25, -0.2) is 0 Å². The van der Waals surface area contributed by atoms with E-state index in [2.05, 4.69) is 4.98 Å². The van der Waals surface area contributed by atoms with Crippen molar-refractivity contribution >= 4 is 10.9 Å². The molecule has 88 valence electrons. The fraction of sp³-hybridized carbons (Fsp3) is 0.182. The molecular formula is C11H8F3N3. The smallest absolute Gasteiger partial charge is 0.361 e. The van der Waals surface area contributed by atoms with E-state index >= 15 is 0 Å². The van der Waals surface area contributed by atoms with Crippen molar-refractivity contribution in [2.24, 2.45) is 5.73 Å². The minimum Gasteiger partial charge on any atom is -0.361 e. The van der Waals surface area contributed by atoms with E-state index in [0.29, 0.717) is 16.5 Å². The molecule has 1 heterocycles. The Labute approximate surface area is 94.6 Å². The summed E-state index contributed by atoms with van der Waals surface area (Å²) < 4.78 is 37.5. The van der Waals surface area contributed by atoms with E-state index in [1.54, 1.807) is 0 Å².